The number of nitrogens with one attached hydrogen (secondary N) is 1. The molecule has 1 saturated carbocycles. The van der Waals surface area contributed by atoms with Crippen LogP contribution >= 0.6 is 0 Å². The van der Waals surface area contributed by atoms with Crippen molar-refractivity contribution in [1.29, 1.82) is 0 Å². The van der Waals surface area contributed by atoms with Crippen LogP contribution in [0.25, 0.3) is 0 Å². The summed E-state index contributed by atoms with van der Waals surface area (Å²) in [5.41, 5.74) is 1.20. The molecule has 1 spiro atoms. The summed E-state index contributed by atoms with van der Waals surface area (Å²) in [5.74, 6) is -0.221. The Morgan fingerprint density at radius 3 is 2.47 bits per heavy atom. The lowest BCUT2D eigenvalue weighted by Crippen LogP contribution is -2.42. The Kier molecular flexibility index (Phi) is 3.44. The molecule has 1 saturated heterocycles. The highest BCUT2D eigenvalue weighted by Crippen LogP contribution is 2.35. The van der Waals surface area contributed by atoms with Gasteiger partial charge in [0.2, 0.25) is 0 Å². The molecule has 0 bridgehead atoms. The average molecular weight is 211 g/mol. The summed E-state index contributed by atoms with van der Waals surface area (Å²) in [7, 11) is 0. The molecule has 3 heteroatoms. The second kappa shape index (κ2) is 4.64. The number of rotatable bonds is 3. The van der Waals surface area contributed by atoms with Crippen LogP contribution in [0.15, 0.2) is 12.2 Å². The van der Waals surface area contributed by atoms with Gasteiger partial charge in [-0.3, -0.25) is 0 Å². The quantitative estimate of drug-likeness (QED) is 0.723. The van der Waals surface area contributed by atoms with E-state index < -0.39 is 0 Å². The molecular formula is C12H21NO2. The first-order valence-corrected chi connectivity index (χ1v) is 5.86. The fourth-order valence-corrected chi connectivity index (χ4v) is 2.37. The van der Waals surface area contributed by atoms with Crippen LogP contribution in [0.2, 0.25) is 0 Å². The van der Waals surface area contributed by atoms with Crippen molar-refractivity contribution in [1.82, 2.24) is 5.32 Å². The summed E-state index contributed by atoms with van der Waals surface area (Å²) in [6.45, 7) is 8.42. The standard InChI is InChI=1S/C12H21NO2/c1-10(2)9-13-11-3-5-12(6-4-11)14-7-8-15-12/h11,13H,1,3-9H2,2H3. The molecule has 0 unspecified atom stereocenters. The predicted molar refractivity (Wildman–Crippen MR) is 59.7 cm³/mol. The first kappa shape index (κ1) is 11.1. The Labute approximate surface area is 91.8 Å². The summed E-state index contributed by atoms with van der Waals surface area (Å²) in [5, 5.41) is 3.52. The van der Waals surface area contributed by atoms with Gasteiger partial charge in [0.1, 0.15) is 0 Å². The summed E-state index contributed by atoms with van der Waals surface area (Å²) in [6, 6.07) is 0.611. The molecule has 0 aromatic heterocycles. The minimum atomic E-state index is -0.221. The molecule has 2 rings (SSSR count). The highest BCUT2D eigenvalue weighted by atomic mass is 16.7. The molecule has 0 aromatic carbocycles. The van der Waals surface area contributed by atoms with Crippen molar-refractivity contribution < 1.29 is 9.47 Å². The van der Waals surface area contributed by atoms with E-state index in [1.165, 1.54) is 5.57 Å². The third-order valence-corrected chi connectivity index (χ3v) is 3.25. The zero-order valence-corrected chi connectivity index (χ0v) is 9.55. The molecule has 0 atom stereocenters. The zero-order valence-electron chi connectivity index (χ0n) is 9.55. The van der Waals surface area contributed by atoms with Crippen LogP contribution in [0.5, 0.6) is 0 Å². The molecule has 2 aliphatic rings. The second-order valence-corrected chi connectivity index (χ2v) is 4.72. The Hall–Kier alpha value is -0.380. The molecule has 0 aromatic rings. The largest absolute Gasteiger partial charge is 0.348 e. The second-order valence-electron chi connectivity index (χ2n) is 4.72. The van der Waals surface area contributed by atoms with Gasteiger partial charge < -0.3 is 14.8 Å². The van der Waals surface area contributed by atoms with Gasteiger partial charge in [0.05, 0.1) is 13.2 Å². The lowest BCUT2D eigenvalue weighted by Gasteiger charge is -2.35. The van der Waals surface area contributed by atoms with Crippen LogP contribution in [-0.4, -0.2) is 31.6 Å². The van der Waals surface area contributed by atoms with Crippen LogP contribution in [0.4, 0.5) is 0 Å². The zero-order chi connectivity index (χ0) is 10.7. The summed E-state index contributed by atoms with van der Waals surface area (Å²) < 4.78 is 11.4. The Bertz CT molecular complexity index is 224. The highest BCUT2D eigenvalue weighted by molar-refractivity contribution is 4.93. The molecule has 3 nitrogen and oxygen atoms in total. The van der Waals surface area contributed by atoms with E-state index in [1.807, 2.05) is 0 Å². The van der Waals surface area contributed by atoms with Crippen molar-refractivity contribution in [3.8, 4) is 0 Å². The monoisotopic (exact) mass is 211 g/mol. The molecule has 0 amide bonds. The topological polar surface area (TPSA) is 30.5 Å². The molecule has 1 N–H and O–H groups in total. The van der Waals surface area contributed by atoms with Crippen molar-refractivity contribution in [2.45, 2.75) is 44.4 Å². The van der Waals surface area contributed by atoms with Gasteiger partial charge in [-0.15, -0.1) is 0 Å². The molecule has 1 heterocycles. The van der Waals surface area contributed by atoms with E-state index in [1.54, 1.807) is 0 Å². The van der Waals surface area contributed by atoms with E-state index in [0.29, 0.717) is 6.04 Å². The number of hydrogen-bond acceptors (Lipinski definition) is 3. The van der Waals surface area contributed by atoms with Crippen LogP contribution < -0.4 is 5.32 Å². The third-order valence-electron chi connectivity index (χ3n) is 3.25. The normalized spacial score (nSPS) is 25.9. The lowest BCUT2D eigenvalue weighted by atomic mass is 9.90. The predicted octanol–water partition coefficient (Wildman–Crippen LogP) is 1.84. The fraction of sp³-hybridized carbons (Fsp3) is 0.833. The van der Waals surface area contributed by atoms with Crippen LogP contribution in [0.1, 0.15) is 32.6 Å². The average Bonchev–Trinajstić information content (AvgIpc) is 2.66. The maximum atomic E-state index is 5.69. The van der Waals surface area contributed by atoms with Gasteiger partial charge in [-0.2, -0.15) is 0 Å². The van der Waals surface area contributed by atoms with Crippen LogP contribution in [-0.2, 0) is 9.47 Å². The van der Waals surface area contributed by atoms with Crippen molar-refractivity contribution in [2.24, 2.45) is 0 Å². The van der Waals surface area contributed by atoms with E-state index in [9.17, 15) is 0 Å². The molecule has 86 valence electrons. The molecule has 15 heavy (non-hydrogen) atoms. The third kappa shape index (κ3) is 2.80. The van der Waals surface area contributed by atoms with Crippen LogP contribution in [0, 0.1) is 0 Å². The van der Waals surface area contributed by atoms with E-state index in [2.05, 4.69) is 18.8 Å². The van der Waals surface area contributed by atoms with Gasteiger partial charge in [-0.05, 0) is 19.8 Å². The smallest absolute Gasteiger partial charge is 0.168 e. The molecular weight excluding hydrogens is 190 g/mol. The van der Waals surface area contributed by atoms with Crippen LogP contribution in [0.3, 0.4) is 0 Å². The molecule has 2 fully saturated rings. The number of ether oxygens (including phenoxy) is 2. The Balaban J connectivity index is 1.74. The van der Waals surface area contributed by atoms with Gasteiger partial charge in [-0.25, -0.2) is 0 Å². The van der Waals surface area contributed by atoms with Gasteiger partial charge in [0.15, 0.2) is 5.79 Å². The number of hydrogen-bond donors (Lipinski definition) is 1. The summed E-state index contributed by atoms with van der Waals surface area (Å²) >= 11 is 0. The minimum Gasteiger partial charge on any atom is -0.348 e. The molecule has 0 radical (unpaired) electrons. The highest BCUT2D eigenvalue weighted by Gasteiger charge is 2.39. The molecule has 1 aliphatic carbocycles. The van der Waals surface area contributed by atoms with E-state index in [0.717, 1.165) is 45.4 Å². The van der Waals surface area contributed by atoms with Gasteiger partial charge in [0.25, 0.3) is 0 Å². The minimum absolute atomic E-state index is 0.221. The van der Waals surface area contributed by atoms with Gasteiger partial charge in [-0.1, -0.05) is 12.2 Å². The fourth-order valence-electron chi connectivity index (χ4n) is 2.37. The van der Waals surface area contributed by atoms with Crippen molar-refractivity contribution in [2.75, 3.05) is 19.8 Å². The van der Waals surface area contributed by atoms with Crippen molar-refractivity contribution in [3.05, 3.63) is 12.2 Å². The van der Waals surface area contributed by atoms with E-state index >= 15 is 0 Å². The Morgan fingerprint density at radius 1 is 1.33 bits per heavy atom. The first-order chi connectivity index (χ1) is 7.20. The van der Waals surface area contributed by atoms with Crippen molar-refractivity contribution >= 4 is 0 Å². The molecule has 1 aliphatic heterocycles. The maximum Gasteiger partial charge on any atom is 0.168 e. The Morgan fingerprint density at radius 2 is 1.93 bits per heavy atom. The van der Waals surface area contributed by atoms with Gasteiger partial charge >= 0.3 is 0 Å². The maximum absolute atomic E-state index is 5.69. The van der Waals surface area contributed by atoms with E-state index in [4.69, 9.17) is 9.47 Å². The van der Waals surface area contributed by atoms with Gasteiger partial charge in [0, 0.05) is 25.4 Å². The first-order valence-electron chi connectivity index (χ1n) is 5.86. The van der Waals surface area contributed by atoms with Crippen molar-refractivity contribution in [3.63, 3.8) is 0 Å². The van der Waals surface area contributed by atoms with E-state index in [-0.39, 0.29) is 5.79 Å². The summed E-state index contributed by atoms with van der Waals surface area (Å²) in [4.78, 5) is 0. The lowest BCUT2D eigenvalue weighted by molar-refractivity contribution is -0.179. The SMILES string of the molecule is C=C(C)CNC1CCC2(CC1)OCCO2. The summed E-state index contributed by atoms with van der Waals surface area (Å²) in [6.07, 6.45) is 4.35.